The molecule has 0 amide bonds. The van der Waals surface area contributed by atoms with Crippen LogP contribution in [0.15, 0.2) is 152 Å². The fraction of sp³-hybridized carbons (Fsp3) is 0.0652. The molecule has 9 aromatic rings. The van der Waals surface area contributed by atoms with Crippen LogP contribution < -0.4 is 0 Å². The molecule has 2 aromatic heterocycles. The molecule has 0 saturated carbocycles. The van der Waals surface area contributed by atoms with Crippen LogP contribution in [0, 0.1) is 0 Å². The van der Waals surface area contributed by atoms with E-state index in [4.69, 9.17) is 15.0 Å². The van der Waals surface area contributed by atoms with Crippen LogP contribution in [0.3, 0.4) is 0 Å². The SMILES string of the molecule is CC1(C)c2ccccc2-c2c(-c3nc(-c4ccc(-c5ccc6ccccc6c5)cc4)nc(-c4ccc5sc6ccccc6c5c4)n3)cccc21. The fourth-order valence-electron chi connectivity index (χ4n) is 7.74. The summed E-state index contributed by atoms with van der Waals surface area (Å²) in [6.07, 6.45) is 0. The minimum absolute atomic E-state index is 0.121. The zero-order valence-corrected chi connectivity index (χ0v) is 28.5. The molecule has 3 nitrogen and oxygen atoms in total. The van der Waals surface area contributed by atoms with Crippen LogP contribution in [0.5, 0.6) is 0 Å². The van der Waals surface area contributed by atoms with Crippen molar-refractivity contribution in [1.29, 1.82) is 0 Å². The maximum absolute atomic E-state index is 5.24. The maximum atomic E-state index is 5.24. The number of benzene rings is 7. The Bertz CT molecular complexity index is 2790. The third-order valence-electron chi connectivity index (χ3n) is 10.3. The molecule has 0 fully saturated rings. The average molecular weight is 658 g/mol. The van der Waals surface area contributed by atoms with Crippen molar-refractivity contribution < 1.29 is 0 Å². The topological polar surface area (TPSA) is 38.7 Å². The summed E-state index contributed by atoms with van der Waals surface area (Å²) in [6, 6.07) is 54.2. The molecular weight excluding hydrogens is 627 g/mol. The van der Waals surface area contributed by atoms with Crippen molar-refractivity contribution in [2.45, 2.75) is 19.3 Å². The van der Waals surface area contributed by atoms with Gasteiger partial charge in [0.2, 0.25) is 0 Å². The highest BCUT2D eigenvalue weighted by atomic mass is 32.1. The number of fused-ring (bicyclic) bond motifs is 7. The molecule has 10 rings (SSSR count). The molecule has 1 aliphatic rings. The zero-order valence-electron chi connectivity index (χ0n) is 27.7. The average Bonchev–Trinajstić information content (AvgIpc) is 3.66. The van der Waals surface area contributed by atoms with Crippen molar-refractivity contribution in [2.24, 2.45) is 0 Å². The van der Waals surface area contributed by atoms with Crippen molar-refractivity contribution in [3.63, 3.8) is 0 Å². The molecule has 0 bridgehead atoms. The van der Waals surface area contributed by atoms with Gasteiger partial charge in [-0.3, -0.25) is 0 Å². The molecular formula is C46H31N3S. The van der Waals surface area contributed by atoms with E-state index in [1.165, 1.54) is 58.8 Å². The predicted octanol–water partition coefficient (Wildman–Crippen LogP) is 12.4. The van der Waals surface area contributed by atoms with Crippen molar-refractivity contribution in [3.05, 3.63) is 163 Å². The Hall–Kier alpha value is -5.97. The van der Waals surface area contributed by atoms with E-state index in [1.807, 2.05) is 11.3 Å². The lowest BCUT2D eigenvalue weighted by Crippen LogP contribution is -2.14. The largest absolute Gasteiger partial charge is 0.208 e. The highest BCUT2D eigenvalue weighted by Crippen LogP contribution is 2.51. The lowest BCUT2D eigenvalue weighted by Gasteiger charge is -2.21. The molecule has 0 atom stereocenters. The number of rotatable bonds is 4. The molecule has 0 N–H and O–H groups in total. The van der Waals surface area contributed by atoms with E-state index in [0.29, 0.717) is 17.5 Å². The summed E-state index contributed by atoms with van der Waals surface area (Å²) in [7, 11) is 0. The Balaban J connectivity index is 1.15. The van der Waals surface area contributed by atoms with Crippen molar-refractivity contribution in [2.75, 3.05) is 0 Å². The van der Waals surface area contributed by atoms with Crippen LogP contribution in [0.25, 0.3) is 87.4 Å². The summed E-state index contributed by atoms with van der Waals surface area (Å²) in [6.45, 7) is 4.62. The number of aromatic nitrogens is 3. The summed E-state index contributed by atoms with van der Waals surface area (Å²) in [4.78, 5) is 15.6. The minimum Gasteiger partial charge on any atom is -0.208 e. The molecule has 0 aliphatic heterocycles. The van der Waals surface area contributed by atoms with E-state index >= 15 is 0 Å². The fourth-order valence-corrected chi connectivity index (χ4v) is 8.83. The van der Waals surface area contributed by atoms with Gasteiger partial charge in [-0.15, -0.1) is 11.3 Å². The van der Waals surface area contributed by atoms with Crippen LogP contribution in [-0.4, -0.2) is 15.0 Å². The van der Waals surface area contributed by atoms with Gasteiger partial charge in [0.15, 0.2) is 17.5 Å². The lowest BCUT2D eigenvalue weighted by atomic mass is 9.82. The molecule has 0 radical (unpaired) electrons. The lowest BCUT2D eigenvalue weighted by molar-refractivity contribution is 0.660. The van der Waals surface area contributed by atoms with Gasteiger partial charge in [0.1, 0.15) is 0 Å². The molecule has 7 aromatic carbocycles. The second-order valence-electron chi connectivity index (χ2n) is 13.7. The first-order valence-electron chi connectivity index (χ1n) is 17.0. The summed E-state index contributed by atoms with van der Waals surface area (Å²) in [5.74, 6) is 2.01. The Morgan fingerprint density at radius 2 is 1.04 bits per heavy atom. The van der Waals surface area contributed by atoms with Crippen molar-refractivity contribution in [1.82, 2.24) is 15.0 Å². The van der Waals surface area contributed by atoms with Gasteiger partial charge in [-0.05, 0) is 74.5 Å². The molecule has 1 aliphatic carbocycles. The number of hydrogen-bond acceptors (Lipinski definition) is 4. The molecule has 0 unspecified atom stereocenters. The van der Waals surface area contributed by atoms with E-state index in [-0.39, 0.29) is 5.41 Å². The first-order chi connectivity index (χ1) is 24.5. The number of hydrogen-bond donors (Lipinski definition) is 0. The molecule has 0 spiro atoms. The summed E-state index contributed by atoms with van der Waals surface area (Å²) in [5.41, 5.74) is 10.3. The van der Waals surface area contributed by atoms with Crippen LogP contribution in [0.4, 0.5) is 0 Å². The molecule has 0 saturated heterocycles. The monoisotopic (exact) mass is 657 g/mol. The Kier molecular flexibility index (Phi) is 6.39. The van der Waals surface area contributed by atoms with Crippen LogP contribution in [0.1, 0.15) is 25.0 Å². The first kappa shape index (κ1) is 29.0. The highest BCUT2D eigenvalue weighted by molar-refractivity contribution is 7.25. The van der Waals surface area contributed by atoms with E-state index in [0.717, 1.165) is 22.3 Å². The van der Waals surface area contributed by atoms with Crippen LogP contribution in [-0.2, 0) is 5.41 Å². The molecule has 2 heterocycles. The van der Waals surface area contributed by atoms with Gasteiger partial charge in [0, 0.05) is 42.3 Å². The summed E-state index contributed by atoms with van der Waals surface area (Å²) < 4.78 is 2.54. The van der Waals surface area contributed by atoms with Crippen LogP contribution in [0.2, 0.25) is 0 Å². The zero-order chi connectivity index (χ0) is 33.4. The van der Waals surface area contributed by atoms with Crippen LogP contribution >= 0.6 is 11.3 Å². The molecule has 4 heteroatoms. The Morgan fingerprint density at radius 3 is 1.92 bits per heavy atom. The van der Waals surface area contributed by atoms with Gasteiger partial charge in [-0.25, -0.2) is 15.0 Å². The standard InChI is InChI=1S/C46H31N3S/c1-46(2)38-15-7-5-13-35(38)42-36(14-9-16-39(42)46)45-48-43(30-21-18-29(19-22-30)32-23-20-28-10-3-4-11-31(28)26-32)47-44(49-45)33-24-25-41-37(27-33)34-12-6-8-17-40(34)50-41/h3-27H,1-2H3. The van der Waals surface area contributed by atoms with E-state index in [2.05, 4.69) is 166 Å². The van der Waals surface area contributed by atoms with Gasteiger partial charge in [-0.1, -0.05) is 135 Å². The highest BCUT2D eigenvalue weighted by Gasteiger charge is 2.37. The number of nitrogens with zero attached hydrogens (tertiary/aromatic N) is 3. The predicted molar refractivity (Wildman–Crippen MR) is 210 cm³/mol. The van der Waals surface area contributed by atoms with E-state index in [1.54, 1.807) is 0 Å². The first-order valence-corrected chi connectivity index (χ1v) is 17.8. The summed E-state index contributed by atoms with van der Waals surface area (Å²) >= 11 is 1.82. The normalized spacial score (nSPS) is 13.2. The Labute approximate surface area is 294 Å². The summed E-state index contributed by atoms with van der Waals surface area (Å²) in [5, 5.41) is 4.96. The van der Waals surface area contributed by atoms with E-state index < -0.39 is 0 Å². The molecule has 50 heavy (non-hydrogen) atoms. The van der Waals surface area contributed by atoms with Crippen molar-refractivity contribution in [3.8, 4) is 56.4 Å². The van der Waals surface area contributed by atoms with Gasteiger partial charge in [0.05, 0.1) is 0 Å². The van der Waals surface area contributed by atoms with Gasteiger partial charge in [-0.2, -0.15) is 0 Å². The van der Waals surface area contributed by atoms with Gasteiger partial charge >= 0.3 is 0 Å². The smallest absolute Gasteiger partial charge is 0.164 e. The Morgan fingerprint density at radius 1 is 0.420 bits per heavy atom. The maximum Gasteiger partial charge on any atom is 0.164 e. The van der Waals surface area contributed by atoms with Crippen molar-refractivity contribution >= 4 is 42.3 Å². The number of thiophene rings is 1. The van der Waals surface area contributed by atoms with E-state index in [9.17, 15) is 0 Å². The molecule has 236 valence electrons. The third kappa shape index (κ3) is 4.53. The second-order valence-corrected chi connectivity index (χ2v) is 14.7. The quantitative estimate of drug-likeness (QED) is 0.189. The van der Waals surface area contributed by atoms with Gasteiger partial charge in [0.25, 0.3) is 0 Å². The third-order valence-corrected chi connectivity index (χ3v) is 11.5. The minimum atomic E-state index is -0.121. The van der Waals surface area contributed by atoms with Gasteiger partial charge < -0.3 is 0 Å². The second kappa shape index (κ2) is 11.0.